The largest absolute Gasteiger partial charge is 0.478 e. The standard InChI is InChI=1S/C18H18N4O3/c23-18(24)11-3-5-13(6-4-11)25-14-7-9-20-17-15(14)16(21-22-17)12-2-1-8-19-10-12/h3-7,9,12,19H,1-2,8,10H2,(H,23,24)(H,20,21,22). The van der Waals surface area contributed by atoms with Gasteiger partial charge in [-0.15, -0.1) is 0 Å². The van der Waals surface area contributed by atoms with Gasteiger partial charge in [0.2, 0.25) is 0 Å². The molecule has 0 spiro atoms. The average molecular weight is 338 g/mol. The minimum atomic E-state index is -0.959. The van der Waals surface area contributed by atoms with Gasteiger partial charge in [0.25, 0.3) is 0 Å². The maximum absolute atomic E-state index is 11.0. The van der Waals surface area contributed by atoms with E-state index in [1.807, 2.05) is 6.07 Å². The molecule has 7 heteroatoms. The second-order valence-corrected chi connectivity index (χ2v) is 6.12. The minimum Gasteiger partial charge on any atom is -0.478 e. The summed E-state index contributed by atoms with van der Waals surface area (Å²) in [5.74, 6) is 0.633. The van der Waals surface area contributed by atoms with Gasteiger partial charge in [-0.2, -0.15) is 5.10 Å². The molecule has 1 fully saturated rings. The Balaban J connectivity index is 1.69. The normalized spacial score (nSPS) is 17.5. The van der Waals surface area contributed by atoms with Crippen molar-refractivity contribution in [3.05, 3.63) is 47.8 Å². The van der Waals surface area contributed by atoms with Crippen LogP contribution < -0.4 is 10.1 Å². The first-order valence-electron chi connectivity index (χ1n) is 8.27. The molecule has 1 unspecified atom stereocenters. The van der Waals surface area contributed by atoms with Gasteiger partial charge in [0.05, 0.1) is 16.6 Å². The third-order valence-corrected chi connectivity index (χ3v) is 4.48. The van der Waals surface area contributed by atoms with Crippen LogP contribution in [0, 0.1) is 0 Å². The number of benzene rings is 1. The van der Waals surface area contributed by atoms with Gasteiger partial charge in [-0.05, 0) is 49.7 Å². The number of aromatic carboxylic acids is 1. The lowest BCUT2D eigenvalue weighted by Gasteiger charge is -2.22. The van der Waals surface area contributed by atoms with E-state index in [4.69, 9.17) is 9.84 Å². The summed E-state index contributed by atoms with van der Waals surface area (Å²) in [6.07, 6.45) is 3.87. The topological polar surface area (TPSA) is 100 Å². The first-order chi connectivity index (χ1) is 12.2. The Morgan fingerprint density at radius 3 is 2.80 bits per heavy atom. The van der Waals surface area contributed by atoms with Crippen molar-refractivity contribution in [1.29, 1.82) is 0 Å². The van der Waals surface area contributed by atoms with E-state index >= 15 is 0 Å². The molecule has 4 rings (SSSR count). The summed E-state index contributed by atoms with van der Waals surface area (Å²) in [7, 11) is 0. The fraction of sp³-hybridized carbons (Fsp3) is 0.278. The van der Waals surface area contributed by atoms with Crippen molar-refractivity contribution < 1.29 is 14.6 Å². The third kappa shape index (κ3) is 3.06. The molecule has 1 aromatic carbocycles. The fourth-order valence-corrected chi connectivity index (χ4v) is 3.21. The van der Waals surface area contributed by atoms with Crippen LogP contribution in [0.4, 0.5) is 0 Å². The number of carbonyl (C=O) groups is 1. The van der Waals surface area contributed by atoms with Gasteiger partial charge in [-0.3, -0.25) is 5.10 Å². The molecule has 3 aromatic rings. The van der Waals surface area contributed by atoms with Gasteiger partial charge in [-0.1, -0.05) is 0 Å². The van der Waals surface area contributed by atoms with E-state index in [-0.39, 0.29) is 5.56 Å². The number of hydrogen-bond acceptors (Lipinski definition) is 5. The number of hydrogen-bond donors (Lipinski definition) is 3. The average Bonchev–Trinajstić information content (AvgIpc) is 3.08. The molecule has 0 aliphatic carbocycles. The molecule has 7 nitrogen and oxygen atoms in total. The number of carboxylic acid groups (broad SMARTS) is 1. The number of carboxylic acids is 1. The lowest BCUT2D eigenvalue weighted by atomic mass is 9.94. The molecule has 25 heavy (non-hydrogen) atoms. The summed E-state index contributed by atoms with van der Waals surface area (Å²) in [6, 6.07) is 8.16. The Labute approximate surface area is 144 Å². The first kappa shape index (κ1) is 15.6. The SMILES string of the molecule is O=C(O)c1ccc(Oc2ccnc3n[nH]c(C4CCCNC4)c23)cc1. The predicted molar refractivity (Wildman–Crippen MR) is 92.2 cm³/mol. The highest BCUT2D eigenvalue weighted by Crippen LogP contribution is 2.35. The number of aromatic nitrogens is 3. The van der Waals surface area contributed by atoms with Crippen molar-refractivity contribution in [1.82, 2.24) is 20.5 Å². The van der Waals surface area contributed by atoms with Gasteiger partial charge >= 0.3 is 5.97 Å². The van der Waals surface area contributed by atoms with Gasteiger partial charge in [0.15, 0.2) is 5.65 Å². The molecule has 0 amide bonds. The molecule has 1 saturated heterocycles. The van der Waals surface area contributed by atoms with E-state index in [2.05, 4.69) is 20.5 Å². The third-order valence-electron chi connectivity index (χ3n) is 4.48. The van der Waals surface area contributed by atoms with Crippen LogP contribution in [0.1, 0.15) is 34.8 Å². The van der Waals surface area contributed by atoms with Gasteiger partial charge in [0, 0.05) is 18.7 Å². The maximum Gasteiger partial charge on any atom is 0.335 e. The quantitative estimate of drug-likeness (QED) is 0.676. The van der Waals surface area contributed by atoms with E-state index in [9.17, 15) is 4.79 Å². The second kappa shape index (κ2) is 6.52. The van der Waals surface area contributed by atoms with Crippen LogP contribution in [0.2, 0.25) is 0 Å². The Kier molecular flexibility index (Phi) is 4.07. The number of fused-ring (bicyclic) bond motifs is 1. The number of ether oxygens (including phenoxy) is 1. The fourth-order valence-electron chi connectivity index (χ4n) is 3.21. The van der Waals surface area contributed by atoms with Crippen LogP contribution in [0.25, 0.3) is 11.0 Å². The molecule has 0 bridgehead atoms. The summed E-state index contributed by atoms with van der Waals surface area (Å²) in [4.78, 5) is 15.3. The van der Waals surface area contributed by atoms with Crippen molar-refractivity contribution in [3.63, 3.8) is 0 Å². The highest BCUT2D eigenvalue weighted by Gasteiger charge is 2.22. The number of pyridine rings is 1. The molecule has 3 heterocycles. The monoisotopic (exact) mass is 338 g/mol. The highest BCUT2D eigenvalue weighted by molar-refractivity contribution is 5.88. The van der Waals surface area contributed by atoms with E-state index in [0.717, 1.165) is 37.0 Å². The van der Waals surface area contributed by atoms with Crippen molar-refractivity contribution in [2.24, 2.45) is 0 Å². The van der Waals surface area contributed by atoms with E-state index in [1.54, 1.807) is 18.3 Å². The van der Waals surface area contributed by atoms with Crippen LogP contribution in [0.3, 0.4) is 0 Å². The molecule has 0 saturated carbocycles. The van der Waals surface area contributed by atoms with Crippen molar-refractivity contribution in [2.75, 3.05) is 13.1 Å². The second-order valence-electron chi connectivity index (χ2n) is 6.12. The number of aromatic amines is 1. The van der Waals surface area contributed by atoms with Crippen LogP contribution in [-0.4, -0.2) is 39.3 Å². The van der Waals surface area contributed by atoms with Crippen molar-refractivity contribution >= 4 is 17.0 Å². The molecule has 0 radical (unpaired) electrons. The Morgan fingerprint density at radius 2 is 2.08 bits per heavy atom. The van der Waals surface area contributed by atoms with Gasteiger partial charge in [-0.25, -0.2) is 9.78 Å². The van der Waals surface area contributed by atoms with Crippen molar-refractivity contribution in [3.8, 4) is 11.5 Å². The van der Waals surface area contributed by atoms with Crippen LogP contribution in [-0.2, 0) is 0 Å². The molecule has 3 N–H and O–H groups in total. The van der Waals surface area contributed by atoms with Crippen LogP contribution in [0.15, 0.2) is 36.5 Å². The molecule has 1 aliphatic heterocycles. The van der Waals surface area contributed by atoms with E-state index in [0.29, 0.717) is 23.1 Å². The van der Waals surface area contributed by atoms with Gasteiger partial charge in [0.1, 0.15) is 11.5 Å². The maximum atomic E-state index is 11.0. The first-order valence-corrected chi connectivity index (χ1v) is 8.27. The van der Waals surface area contributed by atoms with Gasteiger partial charge < -0.3 is 15.2 Å². The molecular weight excluding hydrogens is 320 g/mol. The molecule has 128 valence electrons. The molecule has 2 aromatic heterocycles. The summed E-state index contributed by atoms with van der Waals surface area (Å²) >= 11 is 0. The summed E-state index contributed by atoms with van der Waals surface area (Å²) < 4.78 is 6.00. The number of nitrogens with one attached hydrogen (secondary N) is 2. The minimum absolute atomic E-state index is 0.226. The Morgan fingerprint density at radius 1 is 1.24 bits per heavy atom. The Bertz CT molecular complexity index is 898. The summed E-state index contributed by atoms with van der Waals surface area (Å²) in [5.41, 5.74) is 1.89. The van der Waals surface area contributed by atoms with Crippen molar-refractivity contribution in [2.45, 2.75) is 18.8 Å². The smallest absolute Gasteiger partial charge is 0.335 e. The van der Waals surface area contributed by atoms with E-state index < -0.39 is 5.97 Å². The number of rotatable bonds is 4. The van der Waals surface area contributed by atoms with Crippen LogP contribution in [0.5, 0.6) is 11.5 Å². The number of piperidine rings is 1. The Hall–Kier alpha value is -2.93. The van der Waals surface area contributed by atoms with Crippen LogP contribution >= 0.6 is 0 Å². The molecule has 1 atom stereocenters. The zero-order valence-electron chi connectivity index (χ0n) is 13.5. The number of H-pyrrole nitrogens is 1. The molecule has 1 aliphatic rings. The molecular formula is C18H18N4O3. The summed E-state index contributed by atoms with van der Waals surface area (Å²) in [6.45, 7) is 1.94. The lowest BCUT2D eigenvalue weighted by molar-refractivity contribution is 0.0697. The zero-order chi connectivity index (χ0) is 17.2. The highest BCUT2D eigenvalue weighted by atomic mass is 16.5. The summed E-state index contributed by atoms with van der Waals surface area (Å²) in [5, 5.41) is 20.7. The lowest BCUT2D eigenvalue weighted by Crippen LogP contribution is -2.28. The zero-order valence-corrected chi connectivity index (χ0v) is 13.5. The predicted octanol–water partition coefficient (Wildman–Crippen LogP) is 2.92. The number of nitrogens with zero attached hydrogens (tertiary/aromatic N) is 2. The van der Waals surface area contributed by atoms with E-state index in [1.165, 1.54) is 12.1 Å².